The van der Waals surface area contributed by atoms with Gasteiger partial charge >= 0.3 is 5.69 Å². The van der Waals surface area contributed by atoms with E-state index in [1.54, 1.807) is 61.1 Å². The molecule has 1 amide bonds. The molecular formula is C23H21N5O4. The first-order chi connectivity index (χ1) is 15.6. The summed E-state index contributed by atoms with van der Waals surface area (Å²) in [5.74, 6) is 0.367. The van der Waals surface area contributed by atoms with Gasteiger partial charge in [-0.1, -0.05) is 18.2 Å². The fourth-order valence-electron chi connectivity index (χ4n) is 3.35. The Morgan fingerprint density at radius 2 is 1.94 bits per heavy atom. The molecular weight excluding hydrogens is 410 g/mol. The second-order valence-electron chi connectivity index (χ2n) is 7.00. The Kier molecular flexibility index (Phi) is 6.07. The Bertz CT molecular complexity index is 1330. The minimum Gasteiger partial charge on any atom is -0.492 e. The Hall–Kier alpha value is -4.27. The molecule has 0 unspecified atom stereocenters. The summed E-state index contributed by atoms with van der Waals surface area (Å²) in [5.41, 5.74) is 0.340. The molecule has 1 aromatic heterocycles. The lowest BCUT2D eigenvalue weighted by atomic mass is 10.2. The quantitative estimate of drug-likeness (QED) is 0.479. The van der Waals surface area contributed by atoms with E-state index in [9.17, 15) is 14.4 Å². The summed E-state index contributed by atoms with van der Waals surface area (Å²) < 4.78 is 8.06. The predicted molar refractivity (Wildman–Crippen MR) is 119 cm³/mol. The van der Waals surface area contributed by atoms with Gasteiger partial charge in [0.25, 0.3) is 5.56 Å². The van der Waals surface area contributed by atoms with Crippen LogP contribution in [0.2, 0.25) is 0 Å². The lowest BCUT2D eigenvalue weighted by molar-refractivity contribution is -0.116. The van der Waals surface area contributed by atoms with Crippen molar-refractivity contribution in [2.75, 3.05) is 11.9 Å². The Morgan fingerprint density at radius 1 is 1.09 bits per heavy atom. The standard InChI is InChI=1S/C23H21N5O4/c1-2-32-19-10-4-3-9-18(19)25-20(29)15-27-12-6-8-17-21(27)26-23(31)28(22(17)30)14-16-7-5-11-24-13-16/h3-13H,2,14-15H2,1H3,(H,25,29). The first kappa shape index (κ1) is 21.0. The number of rotatable bonds is 7. The number of para-hydroxylation sites is 2. The van der Waals surface area contributed by atoms with Crippen LogP contribution in [-0.4, -0.2) is 31.6 Å². The van der Waals surface area contributed by atoms with Crippen LogP contribution in [0.5, 0.6) is 5.75 Å². The highest BCUT2D eigenvalue weighted by atomic mass is 16.5. The van der Waals surface area contributed by atoms with Gasteiger partial charge in [0.15, 0.2) is 5.82 Å². The average Bonchev–Trinajstić information content (AvgIpc) is 2.79. The molecule has 0 radical (unpaired) electrons. The van der Waals surface area contributed by atoms with Gasteiger partial charge in [-0.25, -0.2) is 4.79 Å². The average molecular weight is 431 g/mol. The van der Waals surface area contributed by atoms with Gasteiger partial charge in [-0.3, -0.25) is 19.1 Å². The van der Waals surface area contributed by atoms with E-state index >= 15 is 0 Å². The minimum atomic E-state index is -0.687. The van der Waals surface area contributed by atoms with E-state index in [0.717, 1.165) is 4.57 Å². The molecule has 3 heterocycles. The molecule has 1 N–H and O–H groups in total. The molecule has 0 atom stereocenters. The fraction of sp³-hybridized carbons (Fsp3) is 0.174. The maximum Gasteiger partial charge on any atom is 0.352 e. The third-order valence-corrected chi connectivity index (χ3v) is 4.79. The summed E-state index contributed by atoms with van der Waals surface area (Å²) in [4.78, 5) is 46.3. The number of aromatic nitrogens is 4. The zero-order valence-electron chi connectivity index (χ0n) is 17.4. The molecule has 9 nitrogen and oxygen atoms in total. The lowest BCUT2D eigenvalue weighted by Gasteiger charge is -2.16. The molecule has 2 aliphatic heterocycles. The number of fused-ring (bicyclic) bond motifs is 1. The van der Waals surface area contributed by atoms with Gasteiger partial charge in [0.1, 0.15) is 12.3 Å². The number of ether oxygens (including phenoxy) is 1. The molecule has 4 rings (SSSR count). The number of anilines is 1. The van der Waals surface area contributed by atoms with E-state index < -0.39 is 11.2 Å². The Balaban J connectivity index is 1.62. The molecule has 0 aliphatic carbocycles. The number of pyridine rings is 2. The highest BCUT2D eigenvalue weighted by Crippen LogP contribution is 2.23. The molecule has 0 saturated heterocycles. The van der Waals surface area contributed by atoms with Crippen molar-refractivity contribution < 1.29 is 9.53 Å². The summed E-state index contributed by atoms with van der Waals surface area (Å²) >= 11 is 0. The van der Waals surface area contributed by atoms with Crippen LogP contribution in [0.3, 0.4) is 0 Å². The predicted octanol–water partition coefficient (Wildman–Crippen LogP) is 1.99. The van der Waals surface area contributed by atoms with E-state index in [2.05, 4.69) is 15.3 Å². The maximum absolute atomic E-state index is 13.0. The molecule has 0 fully saturated rings. The number of hydrogen-bond donors (Lipinski definition) is 1. The van der Waals surface area contributed by atoms with Gasteiger partial charge in [0.2, 0.25) is 5.91 Å². The maximum atomic E-state index is 13.0. The van der Waals surface area contributed by atoms with Gasteiger partial charge in [0.05, 0.1) is 24.4 Å². The van der Waals surface area contributed by atoms with Crippen LogP contribution in [0.4, 0.5) is 5.69 Å². The molecule has 32 heavy (non-hydrogen) atoms. The van der Waals surface area contributed by atoms with Crippen LogP contribution >= 0.6 is 0 Å². The molecule has 9 heteroatoms. The molecule has 2 aliphatic rings. The van der Waals surface area contributed by atoms with Gasteiger partial charge in [0, 0.05) is 18.6 Å². The monoisotopic (exact) mass is 431 g/mol. The van der Waals surface area contributed by atoms with Crippen LogP contribution in [0, 0.1) is 0 Å². The zero-order valence-corrected chi connectivity index (χ0v) is 17.4. The van der Waals surface area contributed by atoms with Gasteiger partial charge in [-0.2, -0.15) is 4.98 Å². The van der Waals surface area contributed by atoms with Gasteiger partial charge < -0.3 is 14.6 Å². The van der Waals surface area contributed by atoms with E-state index in [0.29, 0.717) is 23.6 Å². The second kappa shape index (κ2) is 9.25. The summed E-state index contributed by atoms with van der Waals surface area (Å²) in [6, 6.07) is 13.8. The third kappa shape index (κ3) is 4.41. The molecule has 0 saturated carbocycles. The summed E-state index contributed by atoms with van der Waals surface area (Å²) in [5, 5.41) is 2.80. The van der Waals surface area contributed by atoms with Crippen molar-refractivity contribution in [3.8, 4) is 17.1 Å². The van der Waals surface area contributed by atoms with Gasteiger partial charge in [-0.15, -0.1) is 0 Å². The van der Waals surface area contributed by atoms with Crippen LogP contribution in [-0.2, 0) is 17.9 Å². The summed E-state index contributed by atoms with van der Waals surface area (Å²) in [7, 11) is 0. The van der Waals surface area contributed by atoms with Crippen LogP contribution in [0.15, 0.2) is 76.7 Å². The Morgan fingerprint density at radius 3 is 2.72 bits per heavy atom. The van der Waals surface area contributed by atoms with Crippen molar-refractivity contribution in [3.63, 3.8) is 0 Å². The molecule has 0 bridgehead atoms. The molecule has 0 spiro atoms. The first-order valence-corrected chi connectivity index (χ1v) is 10.1. The smallest absolute Gasteiger partial charge is 0.352 e. The highest BCUT2D eigenvalue weighted by Gasteiger charge is 2.18. The number of nitrogens with zero attached hydrogens (tertiary/aromatic N) is 4. The van der Waals surface area contributed by atoms with Crippen molar-refractivity contribution >= 4 is 11.6 Å². The first-order valence-electron chi connectivity index (χ1n) is 10.1. The largest absolute Gasteiger partial charge is 0.492 e. The van der Waals surface area contributed by atoms with Crippen molar-refractivity contribution in [1.29, 1.82) is 0 Å². The lowest BCUT2D eigenvalue weighted by Crippen LogP contribution is -2.38. The second-order valence-corrected chi connectivity index (χ2v) is 7.00. The SMILES string of the molecule is CCOc1ccccc1NC(=O)Cn1cccc2c(=O)n(Cc3cccnc3)c(=O)nc1-2. The minimum absolute atomic E-state index is 0.0675. The Labute approximate surface area is 183 Å². The summed E-state index contributed by atoms with van der Waals surface area (Å²) in [6.45, 7) is 2.26. The van der Waals surface area contributed by atoms with E-state index in [1.165, 1.54) is 4.57 Å². The fourth-order valence-corrected chi connectivity index (χ4v) is 3.35. The van der Waals surface area contributed by atoms with Crippen LogP contribution in [0.25, 0.3) is 11.4 Å². The van der Waals surface area contributed by atoms with Crippen molar-refractivity contribution in [2.45, 2.75) is 20.0 Å². The van der Waals surface area contributed by atoms with Crippen molar-refractivity contribution in [1.82, 2.24) is 19.1 Å². The number of carbonyl (C=O) groups excluding carboxylic acids is 1. The number of carbonyl (C=O) groups is 1. The third-order valence-electron chi connectivity index (χ3n) is 4.79. The number of hydrogen-bond acceptors (Lipinski definition) is 6. The molecule has 2 aromatic rings. The van der Waals surface area contributed by atoms with Crippen molar-refractivity contribution in [3.05, 3.63) is 93.5 Å². The zero-order chi connectivity index (χ0) is 22.5. The topological polar surface area (TPSA) is 108 Å². The van der Waals surface area contributed by atoms with Gasteiger partial charge in [-0.05, 0) is 42.8 Å². The number of amides is 1. The molecule has 162 valence electrons. The van der Waals surface area contributed by atoms with E-state index in [1.807, 2.05) is 13.0 Å². The van der Waals surface area contributed by atoms with Crippen LogP contribution < -0.4 is 21.3 Å². The van der Waals surface area contributed by atoms with E-state index in [-0.39, 0.29) is 30.4 Å². The van der Waals surface area contributed by atoms with Crippen LogP contribution in [0.1, 0.15) is 12.5 Å². The van der Waals surface area contributed by atoms with Crippen molar-refractivity contribution in [2.24, 2.45) is 0 Å². The highest BCUT2D eigenvalue weighted by molar-refractivity contribution is 5.92. The number of nitrogens with one attached hydrogen (secondary N) is 1. The normalized spacial score (nSPS) is 10.8. The summed E-state index contributed by atoms with van der Waals surface area (Å²) in [6.07, 6.45) is 4.81. The molecule has 1 aromatic carbocycles. The number of benzene rings is 1. The van der Waals surface area contributed by atoms with E-state index in [4.69, 9.17) is 4.74 Å².